The van der Waals surface area contributed by atoms with Gasteiger partial charge in [0.05, 0.1) is 12.0 Å². The van der Waals surface area contributed by atoms with Crippen LogP contribution in [-0.4, -0.2) is 65.5 Å². The van der Waals surface area contributed by atoms with Gasteiger partial charge in [-0.05, 0) is 51.8 Å². The molecule has 182 valence electrons. The number of nitrogens with zero attached hydrogens (tertiary/aromatic N) is 2. The van der Waals surface area contributed by atoms with Gasteiger partial charge in [-0.15, -0.1) is 0 Å². The zero-order chi connectivity index (χ0) is 24.4. The number of ketones is 1. The number of carbonyl (C=O) groups excluding carboxylic acids is 3. The van der Waals surface area contributed by atoms with Crippen molar-refractivity contribution in [2.24, 2.45) is 5.92 Å². The standard InChI is InChI=1S/C25H35FN2O5/c1-6-17(9-12-27(5)23(31)33-24(2,3)4)22(30)28-13-10-25(11-14-28)16-20(29)19-15-18(26)7-8-21(19)32-25/h7-8,15,17H,6,9-14,16H2,1-5H3. The average Bonchev–Trinajstić information content (AvgIpc) is 2.74. The quantitative estimate of drug-likeness (QED) is 0.647. The van der Waals surface area contributed by atoms with E-state index in [0.29, 0.717) is 56.6 Å². The summed E-state index contributed by atoms with van der Waals surface area (Å²) in [6, 6.07) is 4.03. The lowest BCUT2D eigenvalue weighted by molar-refractivity contribution is -0.139. The maximum absolute atomic E-state index is 13.5. The summed E-state index contributed by atoms with van der Waals surface area (Å²) in [6.45, 7) is 8.87. The van der Waals surface area contributed by atoms with Gasteiger partial charge in [-0.1, -0.05) is 6.92 Å². The summed E-state index contributed by atoms with van der Waals surface area (Å²) >= 11 is 0. The number of amides is 2. The number of piperidine rings is 1. The van der Waals surface area contributed by atoms with Gasteiger partial charge < -0.3 is 19.3 Å². The first-order valence-corrected chi connectivity index (χ1v) is 11.7. The van der Waals surface area contributed by atoms with Crippen LogP contribution in [0.25, 0.3) is 0 Å². The van der Waals surface area contributed by atoms with Gasteiger partial charge in [0.15, 0.2) is 5.78 Å². The minimum absolute atomic E-state index is 0.0644. The molecule has 1 unspecified atom stereocenters. The first-order valence-electron chi connectivity index (χ1n) is 11.7. The van der Waals surface area contributed by atoms with Crippen LogP contribution in [0.3, 0.4) is 0 Å². The van der Waals surface area contributed by atoms with E-state index in [4.69, 9.17) is 9.47 Å². The van der Waals surface area contributed by atoms with Gasteiger partial charge in [0.25, 0.3) is 0 Å². The molecule has 2 aliphatic heterocycles. The SMILES string of the molecule is CCC(CCN(C)C(=O)OC(C)(C)C)C(=O)N1CCC2(CC1)CC(=O)c1cc(F)ccc1O2. The zero-order valence-corrected chi connectivity index (χ0v) is 20.3. The smallest absolute Gasteiger partial charge is 0.410 e. The molecule has 1 atom stereocenters. The second kappa shape index (κ2) is 9.69. The van der Waals surface area contributed by atoms with E-state index in [2.05, 4.69) is 0 Å². The number of ether oxygens (including phenoxy) is 2. The van der Waals surface area contributed by atoms with Gasteiger partial charge in [-0.3, -0.25) is 9.59 Å². The van der Waals surface area contributed by atoms with Crippen LogP contribution in [0.15, 0.2) is 18.2 Å². The number of hydrogen-bond donors (Lipinski definition) is 0. The van der Waals surface area contributed by atoms with Crippen molar-refractivity contribution in [3.8, 4) is 5.75 Å². The van der Waals surface area contributed by atoms with Crippen LogP contribution in [0.2, 0.25) is 0 Å². The van der Waals surface area contributed by atoms with Crippen LogP contribution in [-0.2, 0) is 9.53 Å². The molecule has 3 rings (SSSR count). The third-order valence-electron chi connectivity index (χ3n) is 6.40. The number of Topliss-reactive ketones (excluding diaryl/α,β-unsaturated/α-hetero) is 1. The molecule has 0 N–H and O–H groups in total. The Labute approximate surface area is 195 Å². The van der Waals surface area contributed by atoms with Crippen molar-refractivity contribution in [3.05, 3.63) is 29.6 Å². The van der Waals surface area contributed by atoms with E-state index >= 15 is 0 Å². The summed E-state index contributed by atoms with van der Waals surface area (Å²) in [5.41, 5.74) is -0.914. The van der Waals surface area contributed by atoms with Crippen molar-refractivity contribution in [1.82, 2.24) is 9.80 Å². The summed E-state index contributed by atoms with van der Waals surface area (Å²) in [5, 5.41) is 0. The summed E-state index contributed by atoms with van der Waals surface area (Å²) in [6.07, 6.45) is 2.13. The molecular weight excluding hydrogens is 427 g/mol. The predicted octanol–water partition coefficient (Wildman–Crippen LogP) is 4.44. The number of likely N-dealkylation sites (tertiary alicyclic amines) is 1. The van der Waals surface area contributed by atoms with Crippen molar-refractivity contribution in [2.75, 3.05) is 26.7 Å². The molecule has 2 aliphatic rings. The second-order valence-corrected chi connectivity index (χ2v) is 10.1. The third-order valence-corrected chi connectivity index (χ3v) is 6.40. The lowest BCUT2D eigenvalue weighted by atomic mass is 9.82. The summed E-state index contributed by atoms with van der Waals surface area (Å²) in [5.74, 6) is -0.280. The molecule has 0 aliphatic carbocycles. The first kappa shape index (κ1) is 25.0. The molecule has 0 bridgehead atoms. The highest BCUT2D eigenvalue weighted by Crippen LogP contribution is 2.39. The largest absolute Gasteiger partial charge is 0.486 e. The molecule has 1 aromatic rings. The highest BCUT2D eigenvalue weighted by Gasteiger charge is 2.44. The number of benzene rings is 1. The minimum atomic E-state index is -0.642. The van der Waals surface area contributed by atoms with E-state index in [9.17, 15) is 18.8 Å². The average molecular weight is 463 g/mol. The normalized spacial score (nSPS) is 18.4. The maximum atomic E-state index is 13.5. The van der Waals surface area contributed by atoms with Crippen LogP contribution < -0.4 is 4.74 Å². The minimum Gasteiger partial charge on any atom is -0.486 e. The summed E-state index contributed by atoms with van der Waals surface area (Å²) in [7, 11) is 1.68. The molecular formula is C25H35FN2O5. The van der Waals surface area contributed by atoms with Gasteiger partial charge in [0.2, 0.25) is 5.91 Å². The summed E-state index contributed by atoms with van der Waals surface area (Å²) in [4.78, 5) is 41.3. The molecule has 0 saturated carbocycles. The Kier molecular flexibility index (Phi) is 7.34. The molecule has 2 amide bonds. The molecule has 1 aromatic carbocycles. The number of hydrogen-bond acceptors (Lipinski definition) is 5. The van der Waals surface area contributed by atoms with E-state index in [1.165, 1.54) is 23.1 Å². The number of fused-ring (bicyclic) bond motifs is 1. The molecule has 1 spiro atoms. The van der Waals surface area contributed by atoms with Crippen LogP contribution in [0, 0.1) is 11.7 Å². The Morgan fingerprint density at radius 2 is 1.94 bits per heavy atom. The van der Waals surface area contributed by atoms with Gasteiger partial charge in [-0.25, -0.2) is 9.18 Å². The van der Waals surface area contributed by atoms with Gasteiger partial charge in [-0.2, -0.15) is 0 Å². The predicted molar refractivity (Wildman–Crippen MR) is 122 cm³/mol. The van der Waals surface area contributed by atoms with E-state index in [0.717, 1.165) is 0 Å². The maximum Gasteiger partial charge on any atom is 0.410 e. The topological polar surface area (TPSA) is 76.2 Å². The molecule has 1 saturated heterocycles. The first-order chi connectivity index (χ1) is 15.4. The van der Waals surface area contributed by atoms with E-state index in [1.54, 1.807) is 7.05 Å². The number of halogens is 1. The summed E-state index contributed by atoms with van der Waals surface area (Å²) < 4.78 is 25.0. The zero-order valence-electron chi connectivity index (χ0n) is 20.3. The Bertz CT molecular complexity index is 903. The Balaban J connectivity index is 1.55. The third kappa shape index (κ3) is 6.03. The molecule has 7 nitrogen and oxygen atoms in total. The Morgan fingerprint density at radius 3 is 2.55 bits per heavy atom. The van der Waals surface area contributed by atoms with Gasteiger partial charge >= 0.3 is 6.09 Å². The molecule has 1 fully saturated rings. The monoisotopic (exact) mass is 462 g/mol. The van der Waals surface area contributed by atoms with E-state index in [1.807, 2.05) is 32.6 Å². The highest BCUT2D eigenvalue weighted by atomic mass is 19.1. The molecule has 2 heterocycles. The fraction of sp³-hybridized carbons (Fsp3) is 0.640. The Hall–Kier alpha value is -2.64. The fourth-order valence-electron chi connectivity index (χ4n) is 4.42. The van der Waals surface area contributed by atoms with Crippen molar-refractivity contribution >= 4 is 17.8 Å². The fourth-order valence-corrected chi connectivity index (χ4v) is 4.42. The molecule has 0 radical (unpaired) electrons. The van der Waals surface area contributed by atoms with Crippen LogP contribution in [0.5, 0.6) is 5.75 Å². The van der Waals surface area contributed by atoms with Crippen LogP contribution in [0.4, 0.5) is 9.18 Å². The molecule has 33 heavy (non-hydrogen) atoms. The number of rotatable bonds is 5. The van der Waals surface area contributed by atoms with Crippen LogP contribution in [0.1, 0.15) is 70.2 Å². The lowest BCUT2D eigenvalue weighted by Gasteiger charge is -2.44. The van der Waals surface area contributed by atoms with E-state index in [-0.39, 0.29) is 24.0 Å². The second-order valence-electron chi connectivity index (χ2n) is 10.1. The van der Waals surface area contributed by atoms with Gasteiger partial charge in [0, 0.05) is 45.4 Å². The van der Waals surface area contributed by atoms with Crippen molar-refractivity contribution in [3.63, 3.8) is 0 Å². The van der Waals surface area contributed by atoms with E-state index < -0.39 is 23.1 Å². The van der Waals surface area contributed by atoms with Crippen molar-refractivity contribution in [2.45, 2.75) is 71.0 Å². The highest BCUT2D eigenvalue weighted by molar-refractivity contribution is 6.00. The molecule has 0 aromatic heterocycles. The Morgan fingerprint density at radius 1 is 1.27 bits per heavy atom. The van der Waals surface area contributed by atoms with Crippen molar-refractivity contribution in [1.29, 1.82) is 0 Å². The lowest BCUT2D eigenvalue weighted by Crippen LogP contribution is -2.53. The molecule has 8 heteroatoms. The van der Waals surface area contributed by atoms with Crippen LogP contribution >= 0.6 is 0 Å². The van der Waals surface area contributed by atoms with Gasteiger partial charge in [0.1, 0.15) is 22.8 Å². The van der Waals surface area contributed by atoms with Crippen molar-refractivity contribution < 1.29 is 28.2 Å². The number of carbonyl (C=O) groups is 3.